The Morgan fingerprint density at radius 1 is 1.00 bits per heavy atom. The van der Waals surface area contributed by atoms with Crippen molar-refractivity contribution in [3.8, 4) is 28.0 Å². The van der Waals surface area contributed by atoms with Crippen LogP contribution in [0.15, 0.2) is 54.9 Å². The number of aromatic amines is 1. The van der Waals surface area contributed by atoms with Gasteiger partial charge < -0.3 is 24.4 Å². The van der Waals surface area contributed by atoms with Crippen molar-refractivity contribution in [3.05, 3.63) is 66.0 Å². The fraction of sp³-hybridized carbons (Fsp3) is 0.310. The summed E-state index contributed by atoms with van der Waals surface area (Å²) in [6.07, 6.45) is 3.92. The summed E-state index contributed by atoms with van der Waals surface area (Å²) in [6.45, 7) is 6.19. The number of likely N-dealkylation sites (N-methyl/N-ethyl adjacent to an activating group) is 1. The third-order valence-electron chi connectivity index (χ3n) is 7.12. The number of hydrogen-bond acceptors (Lipinski definition) is 5. The minimum atomic E-state index is -0.00411. The highest BCUT2D eigenvalue weighted by atomic mass is 16.5. The third-order valence-corrected chi connectivity index (χ3v) is 7.12. The molecule has 0 aliphatic carbocycles. The summed E-state index contributed by atoms with van der Waals surface area (Å²) in [5.41, 5.74) is 8.20. The topological polar surface area (TPSA) is 64.7 Å². The largest absolute Gasteiger partial charge is 0.495 e. The van der Waals surface area contributed by atoms with Gasteiger partial charge in [-0.2, -0.15) is 0 Å². The molecule has 0 radical (unpaired) electrons. The maximum absolute atomic E-state index is 12.3. The number of methoxy groups -OCH3 is 1. The van der Waals surface area contributed by atoms with Crippen LogP contribution in [0.3, 0.4) is 0 Å². The number of rotatable bonds is 5. The van der Waals surface area contributed by atoms with Crippen LogP contribution in [0.1, 0.15) is 15.9 Å². The van der Waals surface area contributed by atoms with E-state index in [2.05, 4.69) is 47.0 Å². The van der Waals surface area contributed by atoms with E-state index in [4.69, 9.17) is 9.72 Å². The summed E-state index contributed by atoms with van der Waals surface area (Å²) in [5.74, 6) is 0.903. The first-order valence-corrected chi connectivity index (χ1v) is 12.3. The molecule has 0 bridgehead atoms. The fourth-order valence-electron chi connectivity index (χ4n) is 5.02. The van der Waals surface area contributed by atoms with Crippen LogP contribution in [0.4, 0.5) is 5.69 Å². The highest BCUT2D eigenvalue weighted by molar-refractivity contribution is 5.98. The van der Waals surface area contributed by atoms with E-state index in [1.807, 2.05) is 36.7 Å². The zero-order chi connectivity index (χ0) is 25.4. The lowest BCUT2D eigenvalue weighted by molar-refractivity contribution is 0.0827. The first kappa shape index (κ1) is 23.9. The number of H-pyrrole nitrogens is 1. The molecule has 3 heterocycles. The molecule has 0 atom stereocenters. The molecule has 0 saturated carbocycles. The molecule has 1 aliphatic heterocycles. The minimum absolute atomic E-state index is 0.00411. The number of amides is 1. The minimum Gasteiger partial charge on any atom is -0.495 e. The van der Waals surface area contributed by atoms with Gasteiger partial charge in [0.1, 0.15) is 11.4 Å². The van der Waals surface area contributed by atoms with Crippen molar-refractivity contribution < 1.29 is 9.53 Å². The number of hydrogen-bond donors (Lipinski definition) is 1. The van der Waals surface area contributed by atoms with Gasteiger partial charge in [-0.1, -0.05) is 18.2 Å². The van der Waals surface area contributed by atoms with Gasteiger partial charge in [-0.05, 0) is 54.9 Å². The lowest BCUT2D eigenvalue weighted by Gasteiger charge is -2.36. The summed E-state index contributed by atoms with van der Waals surface area (Å²) in [4.78, 5) is 26.7. The Labute approximate surface area is 212 Å². The van der Waals surface area contributed by atoms with Crippen LogP contribution in [0.2, 0.25) is 0 Å². The van der Waals surface area contributed by atoms with Crippen LogP contribution in [0.25, 0.3) is 33.3 Å². The number of pyridine rings is 1. The Balaban J connectivity index is 1.54. The lowest BCUT2D eigenvalue weighted by atomic mass is 9.97. The molecule has 1 saturated heterocycles. The number of nitrogens with one attached hydrogen (secondary N) is 1. The lowest BCUT2D eigenvalue weighted by Crippen LogP contribution is -2.44. The number of nitrogens with zero attached hydrogens (tertiary/aromatic N) is 4. The van der Waals surface area contributed by atoms with Crippen molar-refractivity contribution in [2.24, 2.45) is 0 Å². The number of piperazine rings is 1. The monoisotopic (exact) mass is 483 g/mol. The van der Waals surface area contributed by atoms with Gasteiger partial charge >= 0.3 is 0 Å². The molecule has 7 nitrogen and oxygen atoms in total. The second-order valence-electron chi connectivity index (χ2n) is 9.68. The Hall–Kier alpha value is -3.84. The zero-order valence-corrected chi connectivity index (χ0v) is 21.6. The van der Waals surface area contributed by atoms with Gasteiger partial charge in [0.05, 0.1) is 12.8 Å². The van der Waals surface area contributed by atoms with E-state index in [1.54, 1.807) is 26.1 Å². The molecule has 1 amide bonds. The molecule has 4 aromatic rings. The highest BCUT2D eigenvalue weighted by Gasteiger charge is 2.22. The van der Waals surface area contributed by atoms with Gasteiger partial charge in [0.15, 0.2) is 0 Å². The van der Waals surface area contributed by atoms with E-state index in [-0.39, 0.29) is 5.91 Å². The molecular weight excluding hydrogens is 450 g/mol. The third kappa shape index (κ3) is 4.31. The Morgan fingerprint density at radius 2 is 1.72 bits per heavy atom. The molecule has 1 fully saturated rings. The van der Waals surface area contributed by atoms with E-state index in [0.29, 0.717) is 5.56 Å². The van der Waals surface area contributed by atoms with Crippen LogP contribution < -0.4 is 9.64 Å². The molecule has 2 aromatic carbocycles. The maximum atomic E-state index is 12.3. The van der Waals surface area contributed by atoms with Gasteiger partial charge in [-0.25, -0.2) is 4.98 Å². The number of benzene rings is 2. The average molecular weight is 484 g/mol. The standard InChI is InChI=1S/C29H33N5O2/c1-19-23(10-11-26(36-5)27(19)34-14-12-33(4)13-15-34)22-16-24-25(18-31-28(24)30-17-22)20-6-8-21(9-7-20)29(35)32(2)3/h6-11,16-18H,12-15H2,1-5H3,(H,30,31). The highest BCUT2D eigenvalue weighted by Crippen LogP contribution is 2.40. The molecule has 2 aromatic heterocycles. The fourth-order valence-corrected chi connectivity index (χ4v) is 5.02. The summed E-state index contributed by atoms with van der Waals surface area (Å²) >= 11 is 0. The van der Waals surface area contributed by atoms with Crippen molar-refractivity contribution in [3.63, 3.8) is 0 Å². The van der Waals surface area contributed by atoms with Crippen molar-refractivity contribution in [1.82, 2.24) is 19.8 Å². The number of fused-ring (bicyclic) bond motifs is 1. The van der Waals surface area contributed by atoms with E-state index < -0.39 is 0 Å². The molecule has 186 valence electrons. The van der Waals surface area contributed by atoms with Crippen LogP contribution >= 0.6 is 0 Å². The molecule has 0 unspecified atom stereocenters. The first-order chi connectivity index (χ1) is 17.4. The van der Waals surface area contributed by atoms with Crippen LogP contribution in [0, 0.1) is 6.92 Å². The van der Waals surface area contributed by atoms with Gasteiger partial charge in [0.25, 0.3) is 5.91 Å². The molecule has 0 spiro atoms. The molecule has 5 rings (SSSR count). The predicted octanol–water partition coefficient (Wildman–Crippen LogP) is 4.67. The molecule has 36 heavy (non-hydrogen) atoms. The summed E-state index contributed by atoms with van der Waals surface area (Å²) in [7, 11) is 7.44. The maximum Gasteiger partial charge on any atom is 0.253 e. The van der Waals surface area contributed by atoms with Gasteiger partial charge in [-0.15, -0.1) is 0 Å². The normalized spacial score (nSPS) is 14.3. The van der Waals surface area contributed by atoms with E-state index in [9.17, 15) is 4.79 Å². The number of carbonyl (C=O) groups is 1. The quantitative estimate of drug-likeness (QED) is 0.447. The van der Waals surface area contributed by atoms with Crippen molar-refractivity contribution >= 4 is 22.6 Å². The Bertz CT molecular complexity index is 1400. The summed E-state index contributed by atoms with van der Waals surface area (Å²) in [5, 5.41) is 1.05. The summed E-state index contributed by atoms with van der Waals surface area (Å²) in [6, 6.07) is 14.2. The van der Waals surface area contributed by atoms with Crippen LogP contribution in [-0.2, 0) is 0 Å². The van der Waals surface area contributed by atoms with Gasteiger partial charge in [-0.3, -0.25) is 4.79 Å². The SMILES string of the molecule is COc1ccc(-c2cnc3[nH]cc(-c4ccc(C(=O)N(C)C)cc4)c3c2)c(C)c1N1CCN(C)CC1. The number of ether oxygens (including phenoxy) is 1. The predicted molar refractivity (Wildman–Crippen MR) is 146 cm³/mol. The Morgan fingerprint density at radius 3 is 2.39 bits per heavy atom. The number of aromatic nitrogens is 2. The van der Waals surface area contributed by atoms with Crippen molar-refractivity contribution in [1.29, 1.82) is 0 Å². The van der Waals surface area contributed by atoms with Crippen LogP contribution in [-0.4, -0.2) is 80.1 Å². The zero-order valence-electron chi connectivity index (χ0n) is 21.6. The van der Waals surface area contributed by atoms with E-state index in [0.717, 1.165) is 65.2 Å². The molecular formula is C29H33N5O2. The number of anilines is 1. The van der Waals surface area contributed by atoms with Crippen molar-refractivity contribution in [2.75, 3.05) is 59.3 Å². The van der Waals surface area contributed by atoms with E-state index in [1.165, 1.54) is 11.3 Å². The first-order valence-electron chi connectivity index (χ1n) is 12.3. The summed E-state index contributed by atoms with van der Waals surface area (Å²) < 4.78 is 5.77. The second-order valence-corrected chi connectivity index (χ2v) is 9.68. The smallest absolute Gasteiger partial charge is 0.253 e. The average Bonchev–Trinajstić information content (AvgIpc) is 3.32. The van der Waals surface area contributed by atoms with Gasteiger partial charge in [0.2, 0.25) is 0 Å². The van der Waals surface area contributed by atoms with Crippen molar-refractivity contribution in [2.45, 2.75) is 6.92 Å². The molecule has 1 N–H and O–H groups in total. The molecule has 7 heteroatoms. The van der Waals surface area contributed by atoms with E-state index >= 15 is 0 Å². The molecule has 1 aliphatic rings. The van der Waals surface area contributed by atoms with Crippen LogP contribution in [0.5, 0.6) is 5.75 Å². The Kier molecular flexibility index (Phi) is 6.41. The second kappa shape index (κ2) is 9.66. The van der Waals surface area contributed by atoms with Gasteiger partial charge in [0, 0.05) is 74.7 Å². The number of carbonyl (C=O) groups excluding carboxylic acids is 1.